The molecule has 0 radical (unpaired) electrons. The molecule has 1 aromatic carbocycles. The Kier molecular flexibility index (Phi) is 2.85. The third kappa shape index (κ3) is 2.03. The van der Waals surface area contributed by atoms with Gasteiger partial charge in [-0.3, -0.25) is 0 Å². The van der Waals surface area contributed by atoms with Gasteiger partial charge in [0.2, 0.25) is 0 Å². The molecule has 0 aliphatic heterocycles. The molecule has 0 bridgehead atoms. The summed E-state index contributed by atoms with van der Waals surface area (Å²) in [5, 5.41) is 3.79. The molecule has 4 nitrogen and oxygen atoms in total. The third-order valence-corrected chi connectivity index (χ3v) is 2.19. The van der Waals surface area contributed by atoms with Crippen LogP contribution < -0.4 is 5.73 Å². The first kappa shape index (κ1) is 10.6. The molecule has 0 saturated carbocycles. The van der Waals surface area contributed by atoms with Crippen molar-refractivity contribution in [3.05, 3.63) is 29.8 Å². The molecule has 1 heterocycles. The second-order valence-corrected chi connectivity index (χ2v) is 3.50. The summed E-state index contributed by atoms with van der Waals surface area (Å²) in [6.45, 7) is 2.03. The number of nitrogens with zero attached hydrogens (tertiary/aromatic N) is 2. The van der Waals surface area contributed by atoms with Gasteiger partial charge in [0, 0.05) is 12.0 Å². The number of halogens is 1. The normalized spacial score (nSPS) is 10.6. The monoisotopic (exact) mass is 221 g/mol. The van der Waals surface area contributed by atoms with Gasteiger partial charge in [-0.15, -0.1) is 0 Å². The molecule has 1 aromatic heterocycles. The van der Waals surface area contributed by atoms with Crippen molar-refractivity contribution in [1.29, 1.82) is 0 Å². The Morgan fingerprint density at radius 2 is 2.25 bits per heavy atom. The maximum atomic E-state index is 13.2. The minimum Gasteiger partial charge on any atom is -0.396 e. The van der Waals surface area contributed by atoms with E-state index in [0.717, 1.165) is 12.8 Å². The molecule has 0 aliphatic carbocycles. The molecule has 5 heteroatoms. The van der Waals surface area contributed by atoms with Gasteiger partial charge in [-0.2, -0.15) is 4.98 Å². The number of rotatable bonds is 3. The van der Waals surface area contributed by atoms with E-state index in [1.54, 1.807) is 6.07 Å². The van der Waals surface area contributed by atoms with Crippen molar-refractivity contribution in [2.24, 2.45) is 0 Å². The van der Waals surface area contributed by atoms with E-state index in [0.29, 0.717) is 17.3 Å². The highest BCUT2D eigenvalue weighted by Gasteiger charge is 2.09. The Balaban J connectivity index is 2.31. The minimum atomic E-state index is -0.479. The summed E-state index contributed by atoms with van der Waals surface area (Å²) in [7, 11) is 0. The molecule has 0 aliphatic rings. The van der Waals surface area contributed by atoms with Crippen LogP contribution in [0.3, 0.4) is 0 Å². The van der Waals surface area contributed by atoms with E-state index in [1.807, 2.05) is 6.92 Å². The molecule has 0 saturated heterocycles. The van der Waals surface area contributed by atoms with Gasteiger partial charge in [0.25, 0.3) is 5.89 Å². The quantitative estimate of drug-likeness (QED) is 0.808. The zero-order chi connectivity index (χ0) is 11.5. The van der Waals surface area contributed by atoms with Gasteiger partial charge in [-0.1, -0.05) is 12.1 Å². The van der Waals surface area contributed by atoms with Crippen LogP contribution in [0, 0.1) is 5.82 Å². The first-order chi connectivity index (χ1) is 7.70. The SMILES string of the molecule is CCCc1noc(-c2ccc(N)c(F)c2)n1. The number of aromatic nitrogens is 2. The molecule has 2 rings (SSSR count). The van der Waals surface area contributed by atoms with Gasteiger partial charge in [0.15, 0.2) is 5.82 Å². The fourth-order valence-corrected chi connectivity index (χ4v) is 1.36. The zero-order valence-electron chi connectivity index (χ0n) is 8.90. The average molecular weight is 221 g/mol. The van der Waals surface area contributed by atoms with Crippen molar-refractivity contribution in [1.82, 2.24) is 10.1 Å². The molecule has 2 N–H and O–H groups in total. The lowest BCUT2D eigenvalue weighted by Gasteiger charge is -1.97. The first-order valence-corrected chi connectivity index (χ1v) is 5.08. The lowest BCUT2D eigenvalue weighted by molar-refractivity contribution is 0.422. The Morgan fingerprint density at radius 1 is 1.44 bits per heavy atom. The number of nitrogens with two attached hydrogens (primary N) is 1. The highest BCUT2D eigenvalue weighted by atomic mass is 19.1. The van der Waals surface area contributed by atoms with Crippen LogP contribution in [0.2, 0.25) is 0 Å². The topological polar surface area (TPSA) is 64.9 Å². The number of benzene rings is 1. The van der Waals surface area contributed by atoms with E-state index >= 15 is 0 Å². The van der Waals surface area contributed by atoms with Crippen LogP contribution in [0.1, 0.15) is 19.2 Å². The summed E-state index contributed by atoms with van der Waals surface area (Å²) in [6.07, 6.45) is 1.69. The van der Waals surface area contributed by atoms with E-state index in [1.165, 1.54) is 12.1 Å². The van der Waals surface area contributed by atoms with E-state index in [-0.39, 0.29) is 5.69 Å². The molecule has 84 valence electrons. The molecule has 0 fully saturated rings. The number of nitrogen functional groups attached to an aromatic ring is 1. The summed E-state index contributed by atoms with van der Waals surface area (Å²) < 4.78 is 18.2. The Morgan fingerprint density at radius 3 is 2.94 bits per heavy atom. The van der Waals surface area contributed by atoms with Crippen molar-refractivity contribution in [2.45, 2.75) is 19.8 Å². The molecular formula is C11H12FN3O. The van der Waals surface area contributed by atoms with E-state index < -0.39 is 5.82 Å². The molecule has 16 heavy (non-hydrogen) atoms. The van der Waals surface area contributed by atoms with E-state index in [9.17, 15) is 4.39 Å². The van der Waals surface area contributed by atoms with Crippen molar-refractivity contribution in [3.8, 4) is 11.5 Å². The summed E-state index contributed by atoms with van der Waals surface area (Å²) in [5.41, 5.74) is 6.03. The van der Waals surface area contributed by atoms with Crippen LogP contribution >= 0.6 is 0 Å². The van der Waals surface area contributed by atoms with Crippen molar-refractivity contribution in [3.63, 3.8) is 0 Å². The lowest BCUT2D eigenvalue weighted by atomic mass is 10.2. The Hall–Kier alpha value is -1.91. The molecule has 0 amide bonds. The van der Waals surface area contributed by atoms with Crippen molar-refractivity contribution < 1.29 is 8.91 Å². The number of anilines is 1. The van der Waals surface area contributed by atoms with Gasteiger partial charge in [0.05, 0.1) is 5.69 Å². The summed E-state index contributed by atoms with van der Waals surface area (Å²) >= 11 is 0. The maximum absolute atomic E-state index is 13.2. The number of hydrogen-bond acceptors (Lipinski definition) is 4. The minimum absolute atomic E-state index is 0.108. The van der Waals surface area contributed by atoms with Gasteiger partial charge in [-0.05, 0) is 24.6 Å². The lowest BCUT2D eigenvalue weighted by Crippen LogP contribution is -1.90. The van der Waals surface area contributed by atoms with E-state index in [2.05, 4.69) is 10.1 Å². The summed E-state index contributed by atoms with van der Waals surface area (Å²) in [5.74, 6) is 0.477. The van der Waals surface area contributed by atoms with Gasteiger partial charge in [0.1, 0.15) is 5.82 Å². The van der Waals surface area contributed by atoms with Gasteiger partial charge >= 0.3 is 0 Å². The van der Waals surface area contributed by atoms with Crippen molar-refractivity contribution >= 4 is 5.69 Å². The predicted octanol–water partition coefficient (Wildman–Crippen LogP) is 2.41. The average Bonchev–Trinajstić information content (AvgIpc) is 2.71. The molecule has 0 atom stereocenters. The van der Waals surface area contributed by atoms with Gasteiger partial charge < -0.3 is 10.3 Å². The van der Waals surface area contributed by atoms with Crippen LogP contribution in [0.5, 0.6) is 0 Å². The third-order valence-electron chi connectivity index (χ3n) is 2.19. The summed E-state index contributed by atoms with van der Waals surface area (Å²) in [4.78, 5) is 4.16. The maximum Gasteiger partial charge on any atom is 0.258 e. The fourth-order valence-electron chi connectivity index (χ4n) is 1.36. The zero-order valence-corrected chi connectivity index (χ0v) is 8.90. The van der Waals surface area contributed by atoms with Gasteiger partial charge in [-0.25, -0.2) is 4.39 Å². The molecule has 0 unspecified atom stereocenters. The van der Waals surface area contributed by atoms with Crippen LogP contribution in [0.25, 0.3) is 11.5 Å². The molecular weight excluding hydrogens is 209 g/mol. The van der Waals surface area contributed by atoms with Crippen LogP contribution in [-0.4, -0.2) is 10.1 Å². The smallest absolute Gasteiger partial charge is 0.258 e. The Bertz CT molecular complexity index is 496. The second-order valence-electron chi connectivity index (χ2n) is 3.50. The van der Waals surface area contributed by atoms with Crippen LogP contribution in [0.15, 0.2) is 22.7 Å². The van der Waals surface area contributed by atoms with Crippen molar-refractivity contribution in [2.75, 3.05) is 5.73 Å². The number of aryl methyl sites for hydroxylation is 1. The van der Waals surface area contributed by atoms with E-state index in [4.69, 9.17) is 10.3 Å². The van der Waals surface area contributed by atoms with Crippen LogP contribution in [-0.2, 0) is 6.42 Å². The largest absolute Gasteiger partial charge is 0.396 e. The standard InChI is InChI=1S/C11H12FN3O/c1-2-3-10-14-11(16-15-10)7-4-5-9(13)8(12)6-7/h4-6H,2-3,13H2,1H3. The second kappa shape index (κ2) is 4.30. The fraction of sp³-hybridized carbons (Fsp3) is 0.273. The summed E-state index contributed by atoms with van der Waals surface area (Å²) in [6, 6.07) is 4.43. The molecule has 2 aromatic rings. The highest BCUT2D eigenvalue weighted by molar-refractivity contribution is 5.57. The highest BCUT2D eigenvalue weighted by Crippen LogP contribution is 2.21. The Labute approximate surface area is 92.3 Å². The molecule has 0 spiro atoms. The predicted molar refractivity (Wildman–Crippen MR) is 58.1 cm³/mol. The number of hydrogen-bond donors (Lipinski definition) is 1. The van der Waals surface area contributed by atoms with Crippen LogP contribution in [0.4, 0.5) is 10.1 Å². The first-order valence-electron chi connectivity index (χ1n) is 5.08.